The standard InChI is InChI=1S/C21H23N5O3/c1-13-11-26(12-14(2)29-13)18-6-7-22-10-17(18)24-21(28)16-5-8-23-19(9-16)25-20(27)15-3-4-15/h5-10,14-15H,1,3-4,11-12H2,2H3,(H,24,28)(H,23,25,27). The smallest absolute Gasteiger partial charge is 0.255 e. The van der Waals surface area contributed by atoms with E-state index in [-0.39, 0.29) is 23.8 Å². The molecule has 1 atom stereocenters. The molecule has 3 heterocycles. The Labute approximate surface area is 169 Å². The van der Waals surface area contributed by atoms with Gasteiger partial charge in [-0.25, -0.2) is 4.98 Å². The van der Waals surface area contributed by atoms with Crippen LogP contribution < -0.4 is 15.5 Å². The quantitative estimate of drug-likeness (QED) is 0.811. The lowest BCUT2D eigenvalue weighted by Crippen LogP contribution is -2.40. The van der Waals surface area contributed by atoms with Gasteiger partial charge in [-0.2, -0.15) is 0 Å². The topological polar surface area (TPSA) is 96.5 Å². The lowest BCUT2D eigenvalue weighted by Gasteiger charge is -2.35. The number of nitrogens with zero attached hydrogens (tertiary/aromatic N) is 3. The summed E-state index contributed by atoms with van der Waals surface area (Å²) in [6.45, 7) is 7.12. The van der Waals surface area contributed by atoms with Gasteiger partial charge in [0.2, 0.25) is 5.91 Å². The summed E-state index contributed by atoms with van der Waals surface area (Å²) >= 11 is 0. The van der Waals surface area contributed by atoms with Crippen LogP contribution in [0.5, 0.6) is 0 Å². The number of ether oxygens (including phenoxy) is 1. The molecule has 2 fully saturated rings. The molecule has 0 spiro atoms. The zero-order chi connectivity index (χ0) is 20.4. The van der Waals surface area contributed by atoms with Crippen molar-refractivity contribution in [3.05, 3.63) is 54.7 Å². The average molecular weight is 393 g/mol. The lowest BCUT2D eigenvalue weighted by molar-refractivity contribution is -0.117. The van der Waals surface area contributed by atoms with Crippen molar-refractivity contribution in [1.29, 1.82) is 0 Å². The second kappa shape index (κ2) is 7.90. The molecular weight excluding hydrogens is 370 g/mol. The van der Waals surface area contributed by atoms with E-state index in [2.05, 4.69) is 32.1 Å². The molecule has 29 heavy (non-hydrogen) atoms. The van der Waals surface area contributed by atoms with Crippen LogP contribution >= 0.6 is 0 Å². The maximum absolute atomic E-state index is 12.8. The van der Waals surface area contributed by atoms with E-state index >= 15 is 0 Å². The Bertz CT molecular complexity index is 957. The number of morpholine rings is 1. The maximum Gasteiger partial charge on any atom is 0.255 e. The van der Waals surface area contributed by atoms with Crippen LogP contribution in [-0.2, 0) is 9.53 Å². The highest BCUT2D eigenvalue weighted by Gasteiger charge is 2.30. The summed E-state index contributed by atoms with van der Waals surface area (Å²) < 4.78 is 5.61. The molecule has 8 nitrogen and oxygen atoms in total. The van der Waals surface area contributed by atoms with Crippen molar-refractivity contribution in [3.8, 4) is 0 Å². The van der Waals surface area contributed by atoms with E-state index in [1.807, 2.05) is 13.0 Å². The van der Waals surface area contributed by atoms with Gasteiger partial charge in [-0.15, -0.1) is 0 Å². The molecule has 8 heteroatoms. The van der Waals surface area contributed by atoms with Gasteiger partial charge in [-0.3, -0.25) is 14.6 Å². The number of pyridine rings is 2. The van der Waals surface area contributed by atoms with Gasteiger partial charge in [-0.05, 0) is 38.0 Å². The maximum atomic E-state index is 12.8. The molecular formula is C21H23N5O3. The number of aromatic nitrogens is 2. The summed E-state index contributed by atoms with van der Waals surface area (Å²) in [5, 5.41) is 5.68. The molecule has 1 aliphatic carbocycles. The van der Waals surface area contributed by atoms with E-state index in [0.717, 1.165) is 18.5 Å². The molecule has 1 unspecified atom stereocenters. The van der Waals surface area contributed by atoms with Crippen LogP contribution in [0.25, 0.3) is 0 Å². The van der Waals surface area contributed by atoms with Crippen molar-refractivity contribution in [2.24, 2.45) is 5.92 Å². The Morgan fingerprint density at radius 2 is 2.07 bits per heavy atom. The largest absolute Gasteiger partial charge is 0.492 e. The van der Waals surface area contributed by atoms with Crippen LogP contribution in [-0.4, -0.2) is 41.0 Å². The Morgan fingerprint density at radius 1 is 1.24 bits per heavy atom. The first-order chi connectivity index (χ1) is 14.0. The number of carbonyl (C=O) groups excluding carboxylic acids is 2. The van der Waals surface area contributed by atoms with E-state index < -0.39 is 0 Å². The summed E-state index contributed by atoms with van der Waals surface area (Å²) in [6, 6.07) is 5.04. The Balaban J connectivity index is 1.50. The molecule has 4 rings (SSSR count). The van der Waals surface area contributed by atoms with Crippen molar-refractivity contribution in [3.63, 3.8) is 0 Å². The number of hydrogen-bond acceptors (Lipinski definition) is 6. The van der Waals surface area contributed by atoms with Crippen molar-refractivity contribution >= 4 is 29.0 Å². The first-order valence-electron chi connectivity index (χ1n) is 9.61. The molecule has 0 aromatic carbocycles. The zero-order valence-corrected chi connectivity index (χ0v) is 16.2. The molecule has 0 bridgehead atoms. The van der Waals surface area contributed by atoms with E-state index in [4.69, 9.17) is 4.74 Å². The molecule has 2 aromatic heterocycles. The number of amides is 2. The fourth-order valence-electron chi connectivity index (χ4n) is 3.30. The van der Waals surface area contributed by atoms with Crippen LogP contribution in [0.2, 0.25) is 0 Å². The van der Waals surface area contributed by atoms with Crippen molar-refractivity contribution in [1.82, 2.24) is 9.97 Å². The minimum Gasteiger partial charge on any atom is -0.492 e. The van der Waals surface area contributed by atoms with E-state index in [1.165, 1.54) is 6.20 Å². The normalized spacial score (nSPS) is 18.7. The van der Waals surface area contributed by atoms with Gasteiger partial charge in [-0.1, -0.05) is 6.58 Å². The highest BCUT2D eigenvalue weighted by Crippen LogP contribution is 2.30. The summed E-state index contributed by atoms with van der Waals surface area (Å²) in [7, 11) is 0. The second-order valence-corrected chi connectivity index (χ2v) is 7.39. The monoisotopic (exact) mass is 393 g/mol. The number of hydrogen-bond donors (Lipinski definition) is 2. The molecule has 2 aliphatic rings. The molecule has 150 valence electrons. The fourth-order valence-corrected chi connectivity index (χ4v) is 3.30. The SMILES string of the molecule is C=C1CN(c2ccncc2NC(=O)c2ccnc(NC(=O)C3CC3)c2)CC(C)O1. The minimum absolute atomic E-state index is 0.00537. The average Bonchev–Trinajstić information content (AvgIpc) is 3.53. The Kier molecular flexibility index (Phi) is 5.16. The second-order valence-electron chi connectivity index (χ2n) is 7.39. The molecule has 2 aromatic rings. The minimum atomic E-state index is -0.302. The molecule has 1 aliphatic heterocycles. The first-order valence-corrected chi connectivity index (χ1v) is 9.61. The van der Waals surface area contributed by atoms with Gasteiger partial charge in [0.1, 0.15) is 17.7 Å². The summed E-state index contributed by atoms with van der Waals surface area (Å²) in [6.07, 6.45) is 6.63. The van der Waals surface area contributed by atoms with Gasteiger partial charge in [0.05, 0.1) is 30.7 Å². The predicted molar refractivity (Wildman–Crippen MR) is 110 cm³/mol. The lowest BCUT2D eigenvalue weighted by atomic mass is 10.2. The third-order valence-electron chi connectivity index (χ3n) is 4.82. The molecule has 1 saturated carbocycles. The fraction of sp³-hybridized carbons (Fsp3) is 0.333. The summed E-state index contributed by atoms with van der Waals surface area (Å²) in [4.78, 5) is 35.1. The number of anilines is 3. The van der Waals surface area contributed by atoms with Crippen molar-refractivity contribution in [2.75, 3.05) is 28.6 Å². The number of rotatable bonds is 5. The first kappa shape index (κ1) is 18.9. The van der Waals surface area contributed by atoms with Crippen LogP contribution in [0.1, 0.15) is 30.1 Å². The molecule has 2 N–H and O–H groups in total. The molecule has 0 radical (unpaired) electrons. The van der Waals surface area contributed by atoms with Gasteiger partial charge in [0.15, 0.2) is 0 Å². The predicted octanol–water partition coefficient (Wildman–Crippen LogP) is 2.82. The van der Waals surface area contributed by atoms with Crippen LogP contribution in [0.3, 0.4) is 0 Å². The van der Waals surface area contributed by atoms with E-state index in [0.29, 0.717) is 35.9 Å². The van der Waals surface area contributed by atoms with Crippen LogP contribution in [0, 0.1) is 5.92 Å². The van der Waals surface area contributed by atoms with Gasteiger partial charge < -0.3 is 20.3 Å². The Hall–Kier alpha value is -3.42. The van der Waals surface area contributed by atoms with E-state index in [9.17, 15) is 9.59 Å². The highest BCUT2D eigenvalue weighted by molar-refractivity contribution is 6.06. The highest BCUT2D eigenvalue weighted by atomic mass is 16.5. The van der Waals surface area contributed by atoms with Gasteiger partial charge in [0.25, 0.3) is 5.91 Å². The zero-order valence-electron chi connectivity index (χ0n) is 16.2. The van der Waals surface area contributed by atoms with Gasteiger partial charge in [0, 0.05) is 23.9 Å². The molecule has 1 saturated heterocycles. The third kappa shape index (κ3) is 4.53. The third-order valence-corrected chi connectivity index (χ3v) is 4.82. The van der Waals surface area contributed by atoms with Crippen molar-refractivity contribution in [2.45, 2.75) is 25.9 Å². The van der Waals surface area contributed by atoms with Gasteiger partial charge >= 0.3 is 0 Å². The summed E-state index contributed by atoms with van der Waals surface area (Å²) in [5.74, 6) is 0.773. The van der Waals surface area contributed by atoms with Crippen LogP contribution in [0.4, 0.5) is 17.2 Å². The Morgan fingerprint density at radius 3 is 2.83 bits per heavy atom. The van der Waals surface area contributed by atoms with E-state index in [1.54, 1.807) is 24.5 Å². The summed E-state index contributed by atoms with van der Waals surface area (Å²) in [5.41, 5.74) is 1.85. The number of nitrogens with one attached hydrogen (secondary N) is 2. The molecule has 2 amide bonds. The van der Waals surface area contributed by atoms with Crippen LogP contribution in [0.15, 0.2) is 49.1 Å². The number of carbonyl (C=O) groups is 2. The van der Waals surface area contributed by atoms with Crippen molar-refractivity contribution < 1.29 is 14.3 Å².